The number of hydrogen-bond acceptors (Lipinski definition) is 4. The highest BCUT2D eigenvalue weighted by Gasteiger charge is 2.16. The molecule has 3 rings (SSSR count). The SMILES string of the molecule is CN(C)C(CNC(=O)Nc1ccc(CCN2CCOCC2)cc1)c1cccc(F)c1. The van der Waals surface area contributed by atoms with E-state index in [1.165, 1.54) is 17.7 Å². The molecule has 0 aromatic heterocycles. The first-order valence-electron chi connectivity index (χ1n) is 10.4. The Labute approximate surface area is 178 Å². The minimum Gasteiger partial charge on any atom is -0.379 e. The lowest BCUT2D eigenvalue weighted by Gasteiger charge is -2.26. The maximum absolute atomic E-state index is 13.5. The molecule has 6 nitrogen and oxygen atoms in total. The van der Waals surface area contributed by atoms with Crippen LogP contribution in [-0.2, 0) is 11.2 Å². The quantitative estimate of drug-likeness (QED) is 0.697. The summed E-state index contributed by atoms with van der Waals surface area (Å²) >= 11 is 0. The standard InChI is InChI=1S/C23H31FN4O2/c1-27(2)22(19-4-3-5-20(24)16-19)17-25-23(29)26-21-8-6-18(7-9-21)10-11-28-12-14-30-15-13-28/h3-9,16,22H,10-15,17H2,1-2H3,(H2,25,26,29). The number of urea groups is 1. The molecule has 162 valence electrons. The van der Waals surface area contributed by atoms with Crippen molar-refractivity contribution in [1.29, 1.82) is 0 Å². The minimum atomic E-state index is -0.280. The summed E-state index contributed by atoms with van der Waals surface area (Å²) in [7, 11) is 3.82. The molecule has 0 aliphatic carbocycles. The summed E-state index contributed by atoms with van der Waals surface area (Å²) in [6.45, 7) is 4.99. The smallest absolute Gasteiger partial charge is 0.319 e. The molecule has 1 heterocycles. The van der Waals surface area contributed by atoms with E-state index in [-0.39, 0.29) is 17.9 Å². The summed E-state index contributed by atoms with van der Waals surface area (Å²) < 4.78 is 18.9. The van der Waals surface area contributed by atoms with Crippen LogP contribution < -0.4 is 10.6 Å². The molecule has 0 radical (unpaired) electrons. The number of likely N-dealkylation sites (N-methyl/N-ethyl adjacent to an activating group) is 1. The summed E-state index contributed by atoms with van der Waals surface area (Å²) in [4.78, 5) is 16.7. The Morgan fingerprint density at radius 2 is 1.90 bits per heavy atom. The fraction of sp³-hybridized carbons (Fsp3) is 0.435. The van der Waals surface area contributed by atoms with Crippen molar-refractivity contribution in [3.05, 3.63) is 65.5 Å². The summed E-state index contributed by atoms with van der Waals surface area (Å²) in [5.41, 5.74) is 2.81. The van der Waals surface area contributed by atoms with Crippen molar-refractivity contribution in [2.24, 2.45) is 0 Å². The number of benzene rings is 2. The van der Waals surface area contributed by atoms with Crippen LogP contribution in [0.3, 0.4) is 0 Å². The van der Waals surface area contributed by atoms with E-state index in [0.29, 0.717) is 6.54 Å². The Hall–Kier alpha value is -2.48. The van der Waals surface area contributed by atoms with Gasteiger partial charge in [0.1, 0.15) is 5.82 Å². The van der Waals surface area contributed by atoms with Gasteiger partial charge in [-0.25, -0.2) is 9.18 Å². The van der Waals surface area contributed by atoms with Gasteiger partial charge in [0, 0.05) is 31.9 Å². The van der Waals surface area contributed by atoms with E-state index in [4.69, 9.17) is 4.74 Å². The number of nitrogens with one attached hydrogen (secondary N) is 2. The van der Waals surface area contributed by atoms with Crippen LogP contribution in [0.2, 0.25) is 0 Å². The molecule has 0 saturated carbocycles. The van der Waals surface area contributed by atoms with Crippen molar-refractivity contribution in [3.8, 4) is 0 Å². The van der Waals surface area contributed by atoms with Crippen molar-refractivity contribution in [2.45, 2.75) is 12.5 Å². The monoisotopic (exact) mass is 414 g/mol. The maximum atomic E-state index is 13.5. The van der Waals surface area contributed by atoms with Gasteiger partial charge in [-0.15, -0.1) is 0 Å². The molecule has 0 bridgehead atoms. The molecule has 7 heteroatoms. The fourth-order valence-corrected chi connectivity index (χ4v) is 3.54. The topological polar surface area (TPSA) is 56.8 Å². The number of carbonyl (C=O) groups excluding carboxylic acids is 1. The van der Waals surface area contributed by atoms with E-state index < -0.39 is 0 Å². The van der Waals surface area contributed by atoms with Crippen molar-refractivity contribution in [3.63, 3.8) is 0 Å². The van der Waals surface area contributed by atoms with E-state index in [2.05, 4.69) is 15.5 Å². The van der Waals surface area contributed by atoms with Crippen molar-refractivity contribution in [2.75, 3.05) is 58.8 Å². The van der Waals surface area contributed by atoms with Crippen LogP contribution in [0.5, 0.6) is 0 Å². The van der Waals surface area contributed by atoms with Gasteiger partial charge in [0.25, 0.3) is 0 Å². The molecule has 1 aliphatic heterocycles. The van der Waals surface area contributed by atoms with Crippen LogP contribution in [0, 0.1) is 5.82 Å². The molecule has 2 amide bonds. The molecule has 1 aliphatic rings. The average Bonchev–Trinajstić information content (AvgIpc) is 2.74. The van der Waals surface area contributed by atoms with Crippen LogP contribution in [-0.4, -0.2) is 69.3 Å². The lowest BCUT2D eigenvalue weighted by molar-refractivity contribution is 0.0384. The third-order valence-corrected chi connectivity index (χ3v) is 5.34. The number of carbonyl (C=O) groups is 1. The number of anilines is 1. The number of hydrogen-bond donors (Lipinski definition) is 2. The second-order valence-corrected chi connectivity index (χ2v) is 7.77. The number of morpholine rings is 1. The summed E-state index contributed by atoms with van der Waals surface area (Å²) in [5, 5.41) is 5.74. The number of amides is 2. The van der Waals surface area contributed by atoms with Gasteiger partial charge in [0.2, 0.25) is 0 Å². The first-order chi connectivity index (χ1) is 14.5. The predicted molar refractivity (Wildman–Crippen MR) is 117 cm³/mol. The van der Waals surface area contributed by atoms with Gasteiger partial charge >= 0.3 is 6.03 Å². The van der Waals surface area contributed by atoms with E-state index in [1.807, 2.05) is 49.3 Å². The fourth-order valence-electron chi connectivity index (χ4n) is 3.54. The highest BCUT2D eigenvalue weighted by atomic mass is 19.1. The Morgan fingerprint density at radius 1 is 1.17 bits per heavy atom. The van der Waals surface area contributed by atoms with Gasteiger partial charge in [-0.1, -0.05) is 24.3 Å². The average molecular weight is 415 g/mol. The zero-order chi connectivity index (χ0) is 21.3. The molecule has 1 fully saturated rings. The third-order valence-electron chi connectivity index (χ3n) is 5.34. The zero-order valence-electron chi connectivity index (χ0n) is 17.7. The van der Waals surface area contributed by atoms with Crippen LogP contribution >= 0.6 is 0 Å². The second-order valence-electron chi connectivity index (χ2n) is 7.77. The lowest BCUT2D eigenvalue weighted by Crippen LogP contribution is -2.37. The van der Waals surface area contributed by atoms with Gasteiger partial charge in [-0.05, 0) is 55.9 Å². The molecule has 2 N–H and O–H groups in total. The van der Waals surface area contributed by atoms with E-state index in [1.54, 1.807) is 6.07 Å². The van der Waals surface area contributed by atoms with Gasteiger partial charge < -0.3 is 20.3 Å². The first kappa shape index (κ1) is 22.2. The Bertz CT molecular complexity index is 807. The summed E-state index contributed by atoms with van der Waals surface area (Å²) in [5.74, 6) is -0.280. The Morgan fingerprint density at radius 3 is 2.57 bits per heavy atom. The van der Waals surface area contributed by atoms with Gasteiger partial charge in [-0.2, -0.15) is 0 Å². The van der Waals surface area contributed by atoms with E-state index in [9.17, 15) is 9.18 Å². The molecular formula is C23H31FN4O2. The van der Waals surface area contributed by atoms with Crippen molar-refractivity contribution < 1.29 is 13.9 Å². The molecule has 1 unspecified atom stereocenters. The van der Waals surface area contributed by atoms with Crippen LogP contribution in [0.25, 0.3) is 0 Å². The lowest BCUT2D eigenvalue weighted by atomic mass is 10.1. The molecular weight excluding hydrogens is 383 g/mol. The molecule has 2 aromatic carbocycles. The van der Waals surface area contributed by atoms with Crippen molar-refractivity contribution >= 4 is 11.7 Å². The Balaban J connectivity index is 1.46. The predicted octanol–water partition coefficient (Wildman–Crippen LogP) is 3.12. The first-order valence-corrected chi connectivity index (χ1v) is 10.4. The number of nitrogens with zero attached hydrogens (tertiary/aromatic N) is 2. The van der Waals surface area contributed by atoms with Gasteiger partial charge in [0.15, 0.2) is 0 Å². The van der Waals surface area contributed by atoms with Gasteiger partial charge in [0.05, 0.1) is 19.3 Å². The zero-order valence-corrected chi connectivity index (χ0v) is 17.7. The van der Waals surface area contributed by atoms with E-state index in [0.717, 1.165) is 50.5 Å². The maximum Gasteiger partial charge on any atom is 0.319 e. The summed E-state index contributed by atoms with van der Waals surface area (Å²) in [6.07, 6.45) is 0.977. The number of halogens is 1. The highest BCUT2D eigenvalue weighted by molar-refractivity contribution is 5.89. The number of rotatable bonds is 8. The molecule has 2 aromatic rings. The Kier molecular flexibility index (Phi) is 8.19. The normalized spacial score (nSPS) is 15.7. The van der Waals surface area contributed by atoms with Crippen LogP contribution in [0.1, 0.15) is 17.2 Å². The molecule has 1 saturated heterocycles. The number of ether oxygens (including phenoxy) is 1. The largest absolute Gasteiger partial charge is 0.379 e. The molecule has 0 spiro atoms. The van der Waals surface area contributed by atoms with Crippen LogP contribution in [0.15, 0.2) is 48.5 Å². The second kappa shape index (κ2) is 11.1. The highest BCUT2D eigenvalue weighted by Crippen LogP contribution is 2.18. The van der Waals surface area contributed by atoms with E-state index >= 15 is 0 Å². The molecule has 1 atom stereocenters. The van der Waals surface area contributed by atoms with Crippen molar-refractivity contribution in [1.82, 2.24) is 15.1 Å². The van der Waals surface area contributed by atoms with Gasteiger partial charge in [-0.3, -0.25) is 4.90 Å². The molecule has 30 heavy (non-hydrogen) atoms. The van der Waals surface area contributed by atoms with Crippen LogP contribution in [0.4, 0.5) is 14.9 Å². The summed E-state index contributed by atoms with van der Waals surface area (Å²) in [6, 6.07) is 14.0. The minimum absolute atomic E-state index is 0.117. The third kappa shape index (κ3) is 6.79.